The maximum Gasteiger partial charge on any atom is 0.138 e. The first-order valence-corrected chi connectivity index (χ1v) is 7.69. The number of hydrogen-bond acceptors (Lipinski definition) is 2. The van der Waals surface area contributed by atoms with Crippen LogP contribution in [0.25, 0.3) is 0 Å². The molecule has 100 valence electrons. The molecule has 0 saturated heterocycles. The molecule has 0 aromatic heterocycles. The highest BCUT2D eigenvalue weighted by Crippen LogP contribution is 2.27. The fraction of sp³-hybridized carbons (Fsp3) is 0.143. The van der Waals surface area contributed by atoms with Crippen molar-refractivity contribution in [1.82, 2.24) is 0 Å². The highest BCUT2D eigenvalue weighted by atomic mass is 79.9. The molecule has 0 amide bonds. The summed E-state index contributed by atoms with van der Waals surface area (Å²) in [5.74, 6) is 0.693. The number of hydrogen-bond donors (Lipinski definition) is 1. The molecule has 0 atom stereocenters. The Morgan fingerprint density at radius 2 is 1.89 bits per heavy atom. The summed E-state index contributed by atoms with van der Waals surface area (Å²) in [6.07, 6.45) is 0. The smallest absolute Gasteiger partial charge is 0.138 e. The minimum absolute atomic E-state index is 0.544. The van der Waals surface area contributed by atoms with Gasteiger partial charge in [-0.2, -0.15) is 0 Å². The van der Waals surface area contributed by atoms with E-state index in [9.17, 15) is 0 Å². The van der Waals surface area contributed by atoms with Crippen molar-refractivity contribution >= 4 is 49.1 Å². The van der Waals surface area contributed by atoms with E-state index >= 15 is 0 Å². The number of ether oxygens (including phenoxy) is 1. The summed E-state index contributed by atoms with van der Waals surface area (Å²) in [4.78, 5) is 0. The number of nitrogens with one attached hydrogen (secondary N) is 1. The van der Waals surface area contributed by atoms with Crippen molar-refractivity contribution in [3.63, 3.8) is 0 Å². The van der Waals surface area contributed by atoms with E-state index in [-0.39, 0.29) is 0 Å². The van der Waals surface area contributed by atoms with Gasteiger partial charge in [0.05, 0.1) is 5.02 Å². The molecule has 0 fully saturated rings. The fourth-order valence-electron chi connectivity index (χ4n) is 1.54. The van der Waals surface area contributed by atoms with Crippen molar-refractivity contribution in [2.45, 2.75) is 0 Å². The van der Waals surface area contributed by atoms with E-state index in [1.165, 1.54) is 0 Å². The summed E-state index contributed by atoms with van der Waals surface area (Å²) < 4.78 is 7.60. The standard InChI is InChI=1S/C14H12Br2ClNO/c15-10-5-6-14(12(17)9-10)19-8-7-18-13-4-2-1-3-11(13)16/h1-6,9,18H,7-8H2. The maximum absolute atomic E-state index is 6.07. The van der Waals surface area contributed by atoms with Crippen LogP contribution in [-0.2, 0) is 0 Å². The lowest BCUT2D eigenvalue weighted by molar-refractivity contribution is 0.333. The Morgan fingerprint density at radius 3 is 2.63 bits per heavy atom. The van der Waals surface area contributed by atoms with Gasteiger partial charge in [-0.3, -0.25) is 0 Å². The minimum atomic E-state index is 0.544. The lowest BCUT2D eigenvalue weighted by Crippen LogP contribution is -2.11. The van der Waals surface area contributed by atoms with Crippen LogP contribution in [0.5, 0.6) is 5.75 Å². The molecule has 0 unspecified atom stereocenters. The van der Waals surface area contributed by atoms with E-state index in [2.05, 4.69) is 37.2 Å². The molecule has 5 heteroatoms. The third kappa shape index (κ3) is 4.41. The van der Waals surface area contributed by atoms with Crippen LogP contribution in [0, 0.1) is 0 Å². The normalized spacial score (nSPS) is 10.3. The second kappa shape index (κ2) is 7.17. The van der Waals surface area contributed by atoms with Crippen LogP contribution in [0.4, 0.5) is 5.69 Å². The Balaban J connectivity index is 1.83. The van der Waals surface area contributed by atoms with Crippen LogP contribution < -0.4 is 10.1 Å². The molecule has 0 aliphatic carbocycles. The average molecular weight is 406 g/mol. The van der Waals surface area contributed by atoms with Gasteiger partial charge in [0, 0.05) is 21.2 Å². The first-order valence-electron chi connectivity index (χ1n) is 5.73. The van der Waals surface area contributed by atoms with Gasteiger partial charge in [0.25, 0.3) is 0 Å². The zero-order chi connectivity index (χ0) is 13.7. The highest BCUT2D eigenvalue weighted by molar-refractivity contribution is 9.10. The first-order chi connectivity index (χ1) is 9.16. The minimum Gasteiger partial charge on any atom is -0.490 e. The van der Waals surface area contributed by atoms with Crippen molar-refractivity contribution < 1.29 is 4.74 Å². The Bertz CT molecular complexity index is 563. The molecule has 0 spiro atoms. The molecule has 0 radical (unpaired) electrons. The maximum atomic E-state index is 6.07. The molecule has 2 rings (SSSR count). The zero-order valence-corrected chi connectivity index (χ0v) is 13.9. The van der Waals surface area contributed by atoms with Gasteiger partial charge in [0.2, 0.25) is 0 Å². The molecule has 0 aliphatic rings. The number of benzene rings is 2. The van der Waals surface area contributed by atoms with Gasteiger partial charge in [-0.15, -0.1) is 0 Å². The van der Waals surface area contributed by atoms with Gasteiger partial charge >= 0.3 is 0 Å². The van der Waals surface area contributed by atoms with Crippen LogP contribution in [0.15, 0.2) is 51.4 Å². The lowest BCUT2D eigenvalue weighted by atomic mass is 10.3. The van der Waals surface area contributed by atoms with Gasteiger partial charge in [0.1, 0.15) is 12.4 Å². The van der Waals surface area contributed by atoms with E-state index in [0.717, 1.165) is 14.6 Å². The third-order valence-corrected chi connectivity index (χ3v) is 3.92. The summed E-state index contributed by atoms with van der Waals surface area (Å²) in [6.45, 7) is 1.25. The van der Waals surface area contributed by atoms with E-state index in [0.29, 0.717) is 23.9 Å². The molecule has 19 heavy (non-hydrogen) atoms. The van der Waals surface area contributed by atoms with Crippen molar-refractivity contribution in [2.75, 3.05) is 18.5 Å². The molecule has 0 aliphatic heterocycles. The van der Waals surface area contributed by atoms with Gasteiger partial charge < -0.3 is 10.1 Å². The Morgan fingerprint density at radius 1 is 1.11 bits per heavy atom. The monoisotopic (exact) mass is 403 g/mol. The number of rotatable bonds is 5. The van der Waals surface area contributed by atoms with Gasteiger partial charge in [0.15, 0.2) is 0 Å². The molecule has 1 N–H and O–H groups in total. The fourth-order valence-corrected chi connectivity index (χ4v) is 2.70. The lowest BCUT2D eigenvalue weighted by Gasteiger charge is -2.11. The van der Waals surface area contributed by atoms with Crippen LogP contribution in [0.2, 0.25) is 5.02 Å². The predicted molar refractivity (Wildman–Crippen MR) is 87.3 cm³/mol. The molecular formula is C14H12Br2ClNO. The zero-order valence-electron chi connectivity index (χ0n) is 10.00. The SMILES string of the molecule is Clc1cc(Br)ccc1OCCNc1ccccc1Br. The molecule has 2 nitrogen and oxygen atoms in total. The second-order valence-electron chi connectivity index (χ2n) is 3.83. The van der Waals surface area contributed by atoms with Crippen molar-refractivity contribution in [1.29, 1.82) is 0 Å². The molecule has 0 heterocycles. The van der Waals surface area contributed by atoms with Gasteiger partial charge in [-0.1, -0.05) is 39.7 Å². The first kappa shape index (κ1) is 14.7. The van der Waals surface area contributed by atoms with Crippen molar-refractivity contribution in [3.8, 4) is 5.75 Å². The number of anilines is 1. The largest absolute Gasteiger partial charge is 0.490 e. The third-order valence-electron chi connectivity index (χ3n) is 2.44. The predicted octanol–water partition coefficient (Wildman–Crippen LogP) is 5.36. The van der Waals surface area contributed by atoms with Crippen LogP contribution >= 0.6 is 43.5 Å². The topological polar surface area (TPSA) is 21.3 Å². The van der Waals surface area contributed by atoms with E-state index < -0.39 is 0 Å². The molecule has 0 bridgehead atoms. The summed E-state index contributed by atoms with van der Waals surface area (Å²) in [5, 5.41) is 3.90. The van der Waals surface area contributed by atoms with E-state index in [1.54, 1.807) is 0 Å². The van der Waals surface area contributed by atoms with Crippen molar-refractivity contribution in [2.24, 2.45) is 0 Å². The Hall–Kier alpha value is -0.710. The summed E-state index contributed by atoms with van der Waals surface area (Å²) in [6, 6.07) is 13.5. The highest BCUT2D eigenvalue weighted by Gasteiger charge is 2.02. The average Bonchev–Trinajstić information content (AvgIpc) is 2.38. The van der Waals surface area contributed by atoms with Gasteiger partial charge in [-0.05, 0) is 46.3 Å². The molecule has 2 aromatic rings. The summed E-state index contributed by atoms with van der Waals surface area (Å²) in [7, 11) is 0. The summed E-state index contributed by atoms with van der Waals surface area (Å²) >= 11 is 12.9. The molecule has 0 saturated carbocycles. The Kier molecular flexibility index (Phi) is 5.55. The van der Waals surface area contributed by atoms with E-state index in [4.69, 9.17) is 16.3 Å². The number of halogens is 3. The number of para-hydroxylation sites is 1. The van der Waals surface area contributed by atoms with Crippen LogP contribution in [-0.4, -0.2) is 13.2 Å². The van der Waals surface area contributed by atoms with Crippen LogP contribution in [0.1, 0.15) is 0 Å². The van der Waals surface area contributed by atoms with E-state index in [1.807, 2.05) is 42.5 Å². The molecule has 2 aromatic carbocycles. The second-order valence-corrected chi connectivity index (χ2v) is 6.01. The quantitative estimate of drug-likeness (QED) is 0.677. The Labute approximate surface area is 134 Å². The van der Waals surface area contributed by atoms with Crippen molar-refractivity contribution in [3.05, 3.63) is 56.4 Å². The summed E-state index contributed by atoms with van der Waals surface area (Å²) in [5.41, 5.74) is 1.05. The van der Waals surface area contributed by atoms with Gasteiger partial charge in [-0.25, -0.2) is 0 Å². The van der Waals surface area contributed by atoms with Crippen LogP contribution in [0.3, 0.4) is 0 Å². The molecular weight excluding hydrogens is 393 g/mol.